The zero-order valence-electron chi connectivity index (χ0n) is 10.8. The molecule has 90 valence electrons. The fraction of sp³-hybridized carbons (Fsp3) is 0.733. The largest absolute Gasteiger partial charge is 0.393 e. The number of aliphatic hydroxyl groups excluding tert-OH is 1. The molecule has 2 aliphatic carbocycles. The summed E-state index contributed by atoms with van der Waals surface area (Å²) in [5.74, 6) is 1.07. The van der Waals surface area contributed by atoms with E-state index < -0.39 is 0 Å². The van der Waals surface area contributed by atoms with Gasteiger partial charge in [0, 0.05) is 5.41 Å². The maximum atomic E-state index is 10.4. The summed E-state index contributed by atoms with van der Waals surface area (Å²) in [5, 5.41) is 10.4. The second-order valence-electron chi connectivity index (χ2n) is 6.08. The smallest absolute Gasteiger partial charge is 0.0605 e. The molecule has 0 saturated heterocycles. The quantitative estimate of drug-likeness (QED) is 0.668. The number of rotatable bonds is 1. The van der Waals surface area contributed by atoms with E-state index in [1.807, 2.05) is 0 Å². The number of hydrogen-bond donors (Lipinski definition) is 1. The number of aliphatic hydroxyl groups is 1. The second kappa shape index (κ2) is 4.03. The minimum absolute atomic E-state index is 0.116. The lowest BCUT2D eigenvalue weighted by Crippen LogP contribution is -2.47. The zero-order chi connectivity index (χ0) is 11.9. The van der Waals surface area contributed by atoms with E-state index in [-0.39, 0.29) is 11.5 Å². The fourth-order valence-electron chi connectivity index (χ4n) is 3.62. The first kappa shape index (κ1) is 11.9. The lowest BCUT2D eigenvalue weighted by atomic mass is 9.56. The van der Waals surface area contributed by atoms with Crippen molar-refractivity contribution in [2.45, 2.75) is 52.6 Å². The van der Waals surface area contributed by atoms with Crippen molar-refractivity contribution in [3.8, 4) is 0 Å². The Kier molecular flexibility index (Phi) is 3.00. The van der Waals surface area contributed by atoms with Crippen molar-refractivity contribution < 1.29 is 5.11 Å². The molecule has 1 fully saturated rings. The van der Waals surface area contributed by atoms with Crippen molar-refractivity contribution in [2.24, 2.45) is 17.3 Å². The summed E-state index contributed by atoms with van der Waals surface area (Å²) < 4.78 is 0. The van der Waals surface area contributed by atoms with Gasteiger partial charge < -0.3 is 5.11 Å². The summed E-state index contributed by atoms with van der Waals surface area (Å²) in [6, 6.07) is 0. The second-order valence-corrected chi connectivity index (χ2v) is 6.08. The van der Waals surface area contributed by atoms with Crippen LogP contribution in [0.15, 0.2) is 23.8 Å². The van der Waals surface area contributed by atoms with Crippen LogP contribution in [-0.2, 0) is 0 Å². The fourth-order valence-corrected chi connectivity index (χ4v) is 3.62. The molecule has 1 N–H and O–H groups in total. The summed E-state index contributed by atoms with van der Waals surface area (Å²) >= 11 is 0. The van der Waals surface area contributed by atoms with Crippen LogP contribution in [0.4, 0.5) is 0 Å². The van der Waals surface area contributed by atoms with Crippen LogP contribution in [0, 0.1) is 17.3 Å². The highest BCUT2D eigenvalue weighted by molar-refractivity contribution is 5.19. The number of allylic oxidation sites excluding steroid dienone is 3. The molecule has 0 radical (unpaired) electrons. The Morgan fingerprint density at radius 3 is 2.81 bits per heavy atom. The average molecular weight is 220 g/mol. The summed E-state index contributed by atoms with van der Waals surface area (Å²) in [6.07, 6.45) is 6.57. The van der Waals surface area contributed by atoms with Gasteiger partial charge in [0.2, 0.25) is 0 Å². The first-order valence-corrected chi connectivity index (χ1v) is 6.45. The molecule has 0 aromatic carbocycles. The van der Waals surface area contributed by atoms with Crippen LogP contribution < -0.4 is 0 Å². The van der Waals surface area contributed by atoms with Crippen LogP contribution >= 0.6 is 0 Å². The van der Waals surface area contributed by atoms with Gasteiger partial charge in [-0.15, -0.1) is 0 Å². The third-order valence-corrected chi connectivity index (χ3v) is 4.98. The van der Waals surface area contributed by atoms with E-state index in [0.717, 1.165) is 19.3 Å². The van der Waals surface area contributed by atoms with Gasteiger partial charge in [-0.3, -0.25) is 0 Å². The minimum Gasteiger partial charge on any atom is -0.393 e. The lowest BCUT2D eigenvalue weighted by Gasteiger charge is -2.50. The zero-order valence-corrected chi connectivity index (χ0v) is 10.8. The Morgan fingerprint density at radius 1 is 1.50 bits per heavy atom. The first-order chi connectivity index (χ1) is 7.45. The van der Waals surface area contributed by atoms with Gasteiger partial charge in [-0.1, -0.05) is 30.7 Å². The highest BCUT2D eigenvalue weighted by Gasteiger charge is 2.47. The van der Waals surface area contributed by atoms with Crippen molar-refractivity contribution in [1.82, 2.24) is 0 Å². The van der Waals surface area contributed by atoms with Crippen LogP contribution in [0.5, 0.6) is 0 Å². The normalized spacial score (nSPS) is 43.5. The van der Waals surface area contributed by atoms with E-state index in [2.05, 4.69) is 33.4 Å². The summed E-state index contributed by atoms with van der Waals surface area (Å²) in [7, 11) is 0. The van der Waals surface area contributed by atoms with Gasteiger partial charge in [-0.05, 0) is 51.4 Å². The Balaban J connectivity index is 2.28. The van der Waals surface area contributed by atoms with Crippen molar-refractivity contribution in [2.75, 3.05) is 0 Å². The van der Waals surface area contributed by atoms with Crippen LogP contribution in [0.2, 0.25) is 0 Å². The maximum absolute atomic E-state index is 10.4. The number of fused-ring (bicyclic) bond motifs is 1. The molecule has 0 heterocycles. The van der Waals surface area contributed by atoms with Gasteiger partial charge in [-0.2, -0.15) is 0 Å². The Morgan fingerprint density at radius 2 is 2.19 bits per heavy atom. The van der Waals surface area contributed by atoms with E-state index in [1.54, 1.807) is 0 Å². The molecule has 1 saturated carbocycles. The van der Waals surface area contributed by atoms with Crippen LogP contribution in [0.1, 0.15) is 46.5 Å². The molecule has 0 bridgehead atoms. The van der Waals surface area contributed by atoms with E-state index in [1.165, 1.54) is 17.6 Å². The molecule has 4 atom stereocenters. The van der Waals surface area contributed by atoms with E-state index in [9.17, 15) is 5.11 Å². The van der Waals surface area contributed by atoms with Gasteiger partial charge in [0.25, 0.3) is 0 Å². The molecule has 2 aliphatic rings. The molecule has 0 aromatic rings. The van der Waals surface area contributed by atoms with Gasteiger partial charge in [-0.25, -0.2) is 0 Å². The Bertz CT molecular complexity index is 328. The summed E-state index contributed by atoms with van der Waals surface area (Å²) in [5.41, 5.74) is 2.84. The Hall–Kier alpha value is -0.560. The van der Waals surface area contributed by atoms with Crippen LogP contribution in [0.25, 0.3) is 0 Å². The van der Waals surface area contributed by atoms with Gasteiger partial charge in [0.05, 0.1) is 6.10 Å². The topological polar surface area (TPSA) is 20.2 Å². The predicted octanol–water partition coefficient (Wildman–Crippen LogP) is 3.70. The van der Waals surface area contributed by atoms with E-state index >= 15 is 0 Å². The minimum atomic E-state index is -0.156. The average Bonchev–Trinajstić information content (AvgIpc) is 2.20. The molecule has 0 amide bonds. The molecule has 0 spiro atoms. The summed E-state index contributed by atoms with van der Waals surface area (Å²) in [6.45, 7) is 10.7. The standard InChI is InChI=1S/C15H24O/c1-10(2)12-8-13-11(3)6-5-7-15(13,4)14(16)9-12/h6,12-14,16H,1,5,7-9H2,2-4H3/t12-,13-,14-,15-/m1/s1. The van der Waals surface area contributed by atoms with Crippen molar-refractivity contribution >= 4 is 0 Å². The molecule has 0 aliphatic heterocycles. The van der Waals surface area contributed by atoms with Crippen LogP contribution in [-0.4, -0.2) is 11.2 Å². The molecule has 0 aromatic heterocycles. The molecule has 16 heavy (non-hydrogen) atoms. The maximum Gasteiger partial charge on any atom is 0.0605 e. The lowest BCUT2D eigenvalue weighted by molar-refractivity contribution is -0.0534. The van der Waals surface area contributed by atoms with Crippen LogP contribution in [0.3, 0.4) is 0 Å². The third-order valence-electron chi connectivity index (χ3n) is 4.98. The van der Waals surface area contributed by atoms with Crippen molar-refractivity contribution in [3.05, 3.63) is 23.8 Å². The van der Waals surface area contributed by atoms with Gasteiger partial charge in [0.1, 0.15) is 0 Å². The van der Waals surface area contributed by atoms with Crippen molar-refractivity contribution in [3.63, 3.8) is 0 Å². The van der Waals surface area contributed by atoms with E-state index in [4.69, 9.17) is 0 Å². The molecule has 1 nitrogen and oxygen atoms in total. The highest BCUT2D eigenvalue weighted by Crippen LogP contribution is 2.52. The Labute approximate surface area is 99.3 Å². The summed E-state index contributed by atoms with van der Waals surface area (Å²) in [4.78, 5) is 0. The molecule has 0 unspecified atom stereocenters. The molecule has 1 heteroatoms. The SMILES string of the molecule is C=C(C)[C@H]1C[C@@H](O)[C@]2(C)CCC=C(C)[C@H]2C1. The third kappa shape index (κ3) is 1.75. The predicted molar refractivity (Wildman–Crippen MR) is 68.1 cm³/mol. The molecular weight excluding hydrogens is 196 g/mol. The first-order valence-electron chi connectivity index (χ1n) is 6.45. The van der Waals surface area contributed by atoms with Gasteiger partial charge in [0.15, 0.2) is 0 Å². The monoisotopic (exact) mass is 220 g/mol. The highest BCUT2D eigenvalue weighted by atomic mass is 16.3. The number of hydrogen-bond acceptors (Lipinski definition) is 1. The van der Waals surface area contributed by atoms with Gasteiger partial charge >= 0.3 is 0 Å². The molecule has 2 rings (SSSR count). The van der Waals surface area contributed by atoms with Crippen molar-refractivity contribution in [1.29, 1.82) is 0 Å². The molecular formula is C15H24O. The van der Waals surface area contributed by atoms with E-state index in [0.29, 0.717) is 11.8 Å².